The fourth-order valence-corrected chi connectivity index (χ4v) is 4.15. The first kappa shape index (κ1) is 22.0. The molecule has 0 bridgehead atoms. The van der Waals surface area contributed by atoms with Crippen LogP contribution in [0.4, 0.5) is 0 Å². The van der Waals surface area contributed by atoms with Crippen LogP contribution in [0.1, 0.15) is 36.2 Å². The number of ether oxygens (including phenoxy) is 1. The monoisotopic (exact) mass is 429 g/mol. The zero-order valence-electron chi connectivity index (χ0n) is 17.5. The number of sulfonamides is 1. The van der Waals surface area contributed by atoms with Crippen molar-refractivity contribution >= 4 is 10.0 Å². The average Bonchev–Trinajstić information content (AvgIpc) is 3.20. The van der Waals surface area contributed by atoms with Crippen LogP contribution in [0.3, 0.4) is 0 Å². The number of para-hydroxylation sites is 1. The second kappa shape index (κ2) is 9.86. The van der Waals surface area contributed by atoms with Crippen LogP contribution in [0.2, 0.25) is 0 Å². The van der Waals surface area contributed by atoms with E-state index >= 15 is 0 Å². The lowest BCUT2D eigenvalue weighted by molar-refractivity contribution is 0.241. The molecule has 0 aliphatic heterocycles. The molecule has 0 saturated carbocycles. The maximum Gasteiger partial charge on any atom is 0.264 e. The van der Waals surface area contributed by atoms with E-state index in [4.69, 9.17) is 9.26 Å². The van der Waals surface area contributed by atoms with E-state index in [1.807, 2.05) is 43.3 Å². The van der Waals surface area contributed by atoms with Crippen LogP contribution in [0.15, 0.2) is 57.9 Å². The lowest BCUT2D eigenvalue weighted by Crippen LogP contribution is -2.29. The molecular formula is C22H27N3O4S. The van der Waals surface area contributed by atoms with Crippen molar-refractivity contribution in [3.05, 3.63) is 71.4 Å². The van der Waals surface area contributed by atoms with Gasteiger partial charge in [0.2, 0.25) is 10.0 Å². The summed E-state index contributed by atoms with van der Waals surface area (Å²) in [4.78, 5) is 4.57. The van der Waals surface area contributed by atoms with Crippen molar-refractivity contribution in [3.8, 4) is 5.75 Å². The lowest BCUT2D eigenvalue weighted by Gasteiger charge is -2.16. The van der Waals surface area contributed by atoms with Gasteiger partial charge in [-0.25, -0.2) is 12.7 Å². The minimum Gasteiger partial charge on any atom is -0.483 e. The summed E-state index contributed by atoms with van der Waals surface area (Å²) in [7, 11) is -2.01. The first-order valence-electron chi connectivity index (χ1n) is 9.95. The van der Waals surface area contributed by atoms with Gasteiger partial charge in [0.25, 0.3) is 5.89 Å². The molecule has 160 valence electrons. The van der Waals surface area contributed by atoms with Crippen molar-refractivity contribution in [2.75, 3.05) is 13.6 Å². The number of aryl methyl sites for hydroxylation is 2. The Balaban J connectivity index is 1.55. The van der Waals surface area contributed by atoms with Gasteiger partial charge in [-0.2, -0.15) is 4.98 Å². The van der Waals surface area contributed by atoms with Gasteiger partial charge in [0, 0.05) is 20.0 Å². The maximum atomic E-state index is 12.8. The highest BCUT2D eigenvalue weighted by Gasteiger charge is 2.21. The normalized spacial score (nSPS) is 11.7. The van der Waals surface area contributed by atoms with Crippen molar-refractivity contribution in [1.82, 2.24) is 14.4 Å². The van der Waals surface area contributed by atoms with Gasteiger partial charge in [0.15, 0.2) is 12.4 Å². The second-order valence-electron chi connectivity index (χ2n) is 7.13. The van der Waals surface area contributed by atoms with Gasteiger partial charge in [-0.15, -0.1) is 0 Å². The highest BCUT2D eigenvalue weighted by molar-refractivity contribution is 7.89. The number of likely N-dealkylation sites (N-methyl/N-ethyl adjacent to an activating group) is 1. The number of aromatic nitrogens is 2. The van der Waals surface area contributed by atoms with Crippen molar-refractivity contribution < 1.29 is 17.7 Å². The summed E-state index contributed by atoms with van der Waals surface area (Å²) in [5, 5.41) is 3.92. The van der Waals surface area contributed by atoms with Crippen LogP contribution < -0.4 is 4.74 Å². The van der Waals surface area contributed by atoms with E-state index in [1.54, 1.807) is 19.2 Å². The van der Waals surface area contributed by atoms with E-state index in [1.165, 1.54) is 4.31 Å². The Morgan fingerprint density at radius 1 is 1.07 bits per heavy atom. The van der Waals surface area contributed by atoms with E-state index in [-0.39, 0.29) is 18.0 Å². The minimum absolute atomic E-state index is 0.163. The summed E-state index contributed by atoms with van der Waals surface area (Å²) in [5.41, 5.74) is 2.15. The van der Waals surface area contributed by atoms with E-state index in [0.717, 1.165) is 29.7 Å². The van der Waals surface area contributed by atoms with Gasteiger partial charge in [0.1, 0.15) is 5.75 Å². The van der Waals surface area contributed by atoms with Crippen LogP contribution in [-0.2, 0) is 29.5 Å². The van der Waals surface area contributed by atoms with Gasteiger partial charge in [-0.05, 0) is 42.7 Å². The highest BCUT2D eigenvalue weighted by Crippen LogP contribution is 2.18. The third-order valence-electron chi connectivity index (χ3n) is 4.78. The fraction of sp³-hybridized carbons (Fsp3) is 0.364. The van der Waals surface area contributed by atoms with Crippen LogP contribution >= 0.6 is 0 Å². The van der Waals surface area contributed by atoms with Crippen molar-refractivity contribution in [2.45, 2.75) is 44.6 Å². The SMILES string of the molecule is CCCc1ccc(S(=O)(=O)N(C)CCc2noc(COc3ccccc3C)n2)cc1. The molecular weight excluding hydrogens is 402 g/mol. The molecule has 7 nitrogen and oxygen atoms in total. The third kappa shape index (κ3) is 5.46. The number of nitrogens with zero attached hydrogens (tertiary/aromatic N) is 3. The molecule has 0 spiro atoms. The van der Waals surface area contributed by atoms with Crippen molar-refractivity contribution in [2.24, 2.45) is 0 Å². The smallest absolute Gasteiger partial charge is 0.264 e. The Morgan fingerprint density at radius 3 is 2.50 bits per heavy atom. The summed E-state index contributed by atoms with van der Waals surface area (Å²) < 4.78 is 37.7. The van der Waals surface area contributed by atoms with Gasteiger partial charge >= 0.3 is 0 Å². The molecule has 3 aromatic rings. The van der Waals surface area contributed by atoms with E-state index in [9.17, 15) is 8.42 Å². The lowest BCUT2D eigenvalue weighted by atomic mass is 10.1. The highest BCUT2D eigenvalue weighted by atomic mass is 32.2. The Kier molecular flexibility index (Phi) is 7.23. The molecule has 2 aromatic carbocycles. The summed E-state index contributed by atoms with van der Waals surface area (Å²) in [6.45, 7) is 4.46. The standard InChI is InChI=1S/C22H27N3O4S/c1-4-7-18-10-12-19(13-11-18)30(26,27)25(3)15-14-21-23-22(29-24-21)16-28-20-9-6-5-8-17(20)2/h5-6,8-13H,4,7,14-16H2,1-3H3. The number of hydrogen-bond donors (Lipinski definition) is 0. The molecule has 1 heterocycles. The first-order chi connectivity index (χ1) is 14.4. The van der Waals surface area contributed by atoms with Crippen LogP contribution in [0.5, 0.6) is 5.75 Å². The largest absolute Gasteiger partial charge is 0.483 e. The molecule has 0 amide bonds. The Hall–Kier alpha value is -2.71. The average molecular weight is 430 g/mol. The molecule has 0 aliphatic carbocycles. The summed E-state index contributed by atoms with van der Waals surface area (Å²) in [6, 6.07) is 14.7. The predicted octanol–water partition coefficient (Wildman–Crippen LogP) is 3.77. The molecule has 0 radical (unpaired) electrons. The fourth-order valence-electron chi connectivity index (χ4n) is 2.98. The predicted molar refractivity (Wildman–Crippen MR) is 114 cm³/mol. The maximum absolute atomic E-state index is 12.8. The topological polar surface area (TPSA) is 85.5 Å². The van der Waals surface area contributed by atoms with Crippen LogP contribution in [0, 0.1) is 6.92 Å². The Labute approximate surface area is 177 Å². The molecule has 0 saturated heterocycles. The summed E-state index contributed by atoms with van der Waals surface area (Å²) in [5.74, 6) is 1.55. The molecule has 0 atom stereocenters. The van der Waals surface area contributed by atoms with Crippen LogP contribution in [0.25, 0.3) is 0 Å². The van der Waals surface area contributed by atoms with Crippen molar-refractivity contribution in [3.63, 3.8) is 0 Å². The van der Waals surface area contributed by atoms with Gasteiger partial charge in [0.05, 0.1) is 4.90 Å². The number of hydrogen-bond acceptors (Lipinski definition) is 6. The van der Waals surface area contributed by atoms with Crippen molar-refractivity contribution in [1.29, 1.82) is 0 Å². The van der Waals surface area contributed by atoms with Gasteiger partial charge in [-0.3, -0.25) is 0 Å². The zero-order valence-corrected chi connectivity index (χ0v) is 18.4. The van der Waals surface area contributed by atoms with Crippen LogP contribution in [-0.4, -0.2) is 36.5 Å². The molecule has 8 heteroatoms. The quantitative estimate of drug-likeness (QED) is 0.488. The molecule has 1 aromatic heterocycles. The molecule has 0 aliphatic rings. The minimum atomic E-state index is -3.56. The summed E-state index contributed by atoms with van der Waals surface area (Å²) in [6.07, 6.45) is 2.30. The van der Waals surface area contributed by atoms with Gasteiger partial charge in [-0.1, -0.05) is 48.8 Å². The third-order valence-corrected chi connectivity index (χ3v) is 6.65. The molecule has 3 rings (SSSR count). The van der Waals surface area contributed by atoms with E-state index in [2.05, 4.69) is 17.1 Å². The molecule has 0 fully saturated rings. The Morgan fingerprint density at radius 2 is 1.80 bits per heavy atom. The number of rotatable bonds is 10. The zero-order chi connectivity index (χ0) is 21.6. The molecule has 0 unspecified atom stereocenters. The van der Waals surface area contributed by atoms with Gasteiger partial charge < -0.3 is 9.26 Å². The molecule has 30 heavy (non-hydrogen) atoms. The summed E-state index contributed by atoms with van der Waals surface area (Å²) >= 11 is 0. The molecule has 0 N–H and O–H groups in total. The number of benzene rings is 2. The van der Waals surface area contributed by atoms with E-state index < -0.39 is 10.0 Å². The van der Waals surface area contributed by atoms with E-state index in [0.29, 0.717) is 18.1 Å². The second-order valence-corrected chi connectivity index (χ2v) is 9.17. The first-order valence-corrected chi connectivity index (χ1v) is 11.4. The Bertz CT molecular complexity index is 1060.